The van der Waals surface area contributed by atoms with Crippen LogP contribution in [-0.2, 0) is 50.1 Å². The van der Waals surface area contributed by atoms with E-state index in [-0.39, 0.29) is 36.9 Å². The smallest absolute Gasteiger partial charge is 0.336 e. The lowest BCUT2D eigenvalue weighted by molar-refractivity contribution is 0.421. The summed E-state index contributed by atoms with van der Waals surface area (Å²) in [5, 5.41) is 34.4. The molecule has 1 heterocycles. The van der Waals surface area contributed by atoms with Gasteiger partial charge < -0.3 is 15.3 Å². The number of aromatic hydroxyl groups is 3. The van der Waals surface area contributed by atoms with E-state index in [0.29, 0.717) is 50.1 Å². The molecule has 0 radical (unpaired) electrons. The van der Waals surface area contributed by atoms with Gasteiger partial charge in [-0.1, -0.05) is 126 Å². The number of aromatic nitrogens is 3. The van der Waals surface area contributed by atoms with E-state index in [9.17, 15) is 29.7 Å². The van der Waals surface area contributed by atoms with Crippen LogP contribution < -0.4 is 17.1 Å². The summed E-state index contributed by atoms with van der Waals surface area (Å²) >= 11 is 2.28. The molecule has 57 heavy (non-hydrogen) atoms. The molecule has 0 aliphatic heterocycles. The van der Waals surface area contributed by atoms with Crippen molar-refractivity contribution in [1.29, 1.82) is 0 Å². The van der Waals surface area contributed by atoms with E-state index >= 15 is 0 Å². The number of rotatable bonds is 7. The summed E-state index contributed by atoms with van der Waals surface area (Å²) in [4.78, 5) is 44.0. The first-order valence-electron chi connectivity index (χ1n) is 19.8. The van der Waals surface area contributed by atoms with Crippen molar-refractivity contribution in [2.75, 3.05) is 0 Å². The van der Waals surface area contributed by atoms with Gasteiger partial charge in [0.15, 0.2) is 0 Å². The first-order valence-corrected chi connectivity index (χ1v) is 20.9. The minimum Gasteiger partial charge on any atom is -0.507 e. The van der Waals surface area contributed by atoms with Gasteiger partial charge in [-0.25, -0.2) is 28.1 Å². The summed E-state index contributed by atoms with van der Waals surface area (Å²) in [7, 11) is 0. The van der Waals surface area contributed by atoms with Gasteiger partial charge >= 0.3 is 17.1 Å². The van der Waals surface area contributed by atoms with Crippen LogP contribution in [0.15, 0.2) is 50.8 Å². The molecule has 4 rings (SSSR count). The zero-order valence-electron chi connectivity index (χ0n) is 37.4. The summed E-state index contributed by atoms with van der Waals surface area (Å²) < 4.78 is 2.84. The standard InChI is InChI=1S/C47H66IN3O6/c1-42(2,3)30-18-27(19-31(36(30)52)43(4,5)6)24-49-39(55)50(25-28-20-32(44(7,8)9)37(53)33(21-28)45(10,11)12)41(57)51(40(49)56)26-29-22-34(46(13,14)15)38(54)35(23-29)47(16,17)48/h18-23,52-54H,24-26H2,1-17H3. The topological polar surface area (TPSA) is 127 Å². The van der Waals surface area contributed by atoms with Gasteiger partial charge in [-0.2, -0.15) is 0 Å². The maximum absolute atomic E-state index is 14.7. The summed E-state index contributed by atoms with van der Waals surface area (Å²) in [5.74, 6) is 0.538. The Hall–Kier alpha value is -3.80. The van der Waals surface area contributed by atoms with E-state index in [1.165, 1.54) is 0 Å². The van der Waals surface area contributed by atoms with Crippen LogP contribution in [0.1, 0.15) is 168 Å². The minimum atomic E-state index is -0.763. The van der Waals surface area contributed by atoms with Crippen molar-refractivity contribution < 1.29 is 15.3 Å². The average molecular weight is 896 g/mol. The second-order valence-corrected chi connectivity index (χ2v) is 24.1. The number of halogens is 1. The average Bonchev–Trinajstić information content (AvgIpc) is 3.02. The molecule has 0 unspecified atom stereocenters. The number of phenolic OH excluding ortho intramolecular Hbond substituents is 3. The van der Waals surface area contributed by atoms with Gasteiger partial charge in [0.05, 0.1) is 19.6 Å². The van der Waals surface area contributed by atoms with Gasteiger partial charge in [0, 0.05) is 8.99 Å². The first-order chi connectivity index (χ1) is 25.5. The van der Waals surface area contributed by atoms with Crippen molar-refractivity contribution in [3.63, 3.8) is 0 Å². The lowest BCUT2D eigenvalue weighted by Gasteiger charge is -2.29. The second kappa shape index (κ2) is 15.1. The zero-order valence-corrected chi connectivity index (χ0v) is 39.5. The molecule has 0 saturated heterocycles. The monoisotopic (exact) mass is 895 g/mol. The third kappa shape index (κ3) is 9.74. The Morgan fingerprint density at radius 1 is 0.386 bits per heavy atom. The van der Waals surface area contributed by atoms with Crippen molar-refractivity contribution >= 4 is 22.6 Å². The number of benzene rings is 3. The van der Waals surface area contributed by atoms with Crippen LogP contribution in [0.2, 0.25) is 0 Å². The Morgan fingerprint density at radius 2 is 0.561 bits per heavy atom. The highest BCUT2D eigenvalue weighted by molar-refractivity contribution is 14.1. The SMILES string of the molecule is CC(C)(C)c1cc(Cn2c(=O)n(Cc3cc(C(C)(C)C)c(O)c(C(C)(C)C)c3)c(=O)n(Cc3cc(C(C)(C)C)c(O)c(C(C)(C)I)c3)c2=O)cc(C(C)(C)C)c1O. The first kappa shape index (κ1) is 45.9. The van der Waals surface area contributed by atoms with E-state index < -0.39 is 47.6 Å². The number of hydrogen-bond donors (Lipinski definition) is 3. The number of phenols is 3. The molecule has 0 aliphatic carbocycles. The highest BCUT2D eigenvalue weighted by atomic mass is 127. The Labute approximate surface area is 353 Å². The predicted molar refractivity (Wildman–Crippen MR) is 241 cm³/mol. The molecular weight excluding hydrogens is 829 g/mol. The van der Waals surface area contributed by atoms with E-state index in [1.807, 2.05) is 154 Å². The molecular formula is C47H66IN3O6. The van der Waals surface area contributed by atoms with Crippen LogP contribution in [0.4, 0.5) is 0 Å². The molecule has 3 aromatic carbocycles. The van der Waals surface area contributed by atoms with E-state index in [1.54, 1.807) is 0 Å². The van der Waals surface area contributed by atoms with Crippen LogP contribution in [0.3, 0.4) is 0 Å². The van der Waals surface area contributed by atoms with Gasteiger partial charge in [0.1, 0.15) is 17.2 Å². The molecule has 0 bridgehead atoms. The highest BCUT2D eigenvalue weighted by Gasteiger charge is 2.31. The summed E-state index contributed by atoms with van der Waals surface area (Å²) in [6.07, 6.45) is 0. The summed E-state index contributed by atoms with van der Waals surface area (Å²) in [5.41, 5.74) is 1.48. The fourth-order valence-electron chi connectivity index (χ4n) is 7.30. The van der Waals surface area contributed by atoms with Crippen LogP contribution in [-0.4, -0.2) is 29.0 Å². The summed E-state index contributed by atoms with van der Waals surface area (Å²) in [6.45, 7) is 33.6. The molecule has 4 aromatic rings. The number of hydrogen-bond acceptors (Lipinski definition) is 6. The Bertz CT molecular complexity index is 1970. The zero-order chi connectivity index (χ0) is 43.8. The van der Waals surface area contributed by atoms with Gasteiger partial charge in [0.2, 0.25) is 0 Å². The third-order valence-electron chi connectivity index (χ3n) is 10.6. The van der Waals surface area contributed by atoms with Crippen molar-refractivity contribution in [3.8, 4) is 17.2 Å². The second-order valence-electron chi connectivity index (χ2n) is 21.4. The van der Waals surface area contributed by atoms with E-state index in [4.69, 9.17) is 0 Å². The van der Waals surface area contributed by atoms with E-state index in [2.05, 4.69) is 22.6 Å². The lowest BCUT2D eigenvalue weighted by Crippen LogP contribution is -2.55. The Kier molecular flexibility index (Phi) is 12.2. The molecule has 3 N–H and O–H groups in total. The fraction of sp³-hybridized carbons (Fsp3) is 0.553. The van der Waals surface area contributed by atoms with Crippen LogP contribution in [0.25, 0.3) is 0 Å². The molecule has 0 amide bonds. The Balaban J connectivity index is 2.12. The summed E-state index contributed by atoms with van der Waals surface area (Å²) in [6, 6.07) is 11.0. The number of alkyl halides is 1. The molecule has 312 valence electrons. The van der Waals surface area contributed by atoms with Crippen LogP contribution in [0.5, 0.6) is 17.2 Å². The Morgan fingerprint density at radius 3 is 0.737 bits per heavy atom. The number of nitrogens with zero attached hydrogens (tertiary/aromatic N) is 3. The molecule has 0 aliphatic rings. The molecule has 0 spiro atoms. The molecule has 1 aromatic heterocycles. The van der Waals surface area contributed by atoms with Crippen molar-refractivity contribution in [3.05, 3.63) is 118 Å². The molecule has 9 nitrogen and oxygen atoms in total. The lowest BCUT2D eigenvalue weighted by atomic mass is 9.78. The van der Waals surface area contributed by atoms with Gasteiger partial charge in [-0.15, -0.1) is 0 Å². The minimum absolute atomic E-state index is 0.144. The van der Waals surface area contributed by atoms with Crippen molar-refractivity contribution in [2.24, 2.45) is 0 Å². The molecule has 0 atom stereocenters. The highest BCUT2D eigenvalue weighted by Crippen LogP contribution is 2.44. The van der Waals surface area contributed by atoms with Crippen LogP contribution >= 0.6 is 22.6 Å². The molecule has 10 heteroatoms. The third-order valence-corrected chi connectivity index (χ3v) is 11.2. The van der Waals surface area contributed by atoms with Gasteiger partial charge in [-0.05, 0) is 122 Å². The normalized spacial score (nSPS) is 13.4. The molecule has 0 fully saturated rings. The fourth-order valence-corrected chi connectivity index (χ4v) is 7.72. The van der Waals surface area contributed by atoms with Gasteiger partial charge in [-0.3, -0.25) is 0 Å². The maximum atomic E-state index is 14.7. The largest absolute Gasteiger partial charge is 0.507 e. The predicted octanol–water partition coefficient (Wildman–Crippen LogP) is 9.59. The van der Waals surface area contributed by atoms with Crippen molar-refractivity contribution in [1.82, 2.24) is 13.7 Å². The van der Waals surface area contributed by atoms with Gasteiger partial charge in [0.25, 0.3) is 0 Å². The maximum Gasteiger partial charge on any atom is 0.336 e. The van der Waals surface area contributed by atoms with Crippen LogP contribution in [0, 0.1) is 0 Å². The van der Waals surface area contributed by atoms with E-state index in [0.717, 1.165) is 13.7 Å². The van der Waals surface area contributed by atoms with Crippen molar-refractivity contribution in [2.45, 2.75) is 168 Å². The quantitative estimate of drug-likeness (QED) is 0.125. The molecule has 0 saturated carbocycles.